The molecule has 3 aromatic heterocycles. The number of aryl methyl sites for hydroxylation is 1. The lowest BCUT2D eigenvalue weighted by Crippen LogP contribution is -2.49. The van der Waals surface area contributed by atoms with Crippen molar-refractivity contribution in [2.45, 2.75) is 30.7 Å². The Bertz CT molecular complexity index is 1570. The summed E-state index contributed by atoms with van der Waals surface area (Å²) in [5, 5.41) is 6.31. The molecule has 1 saturated carbocycles. The zero-order valence-electron chi connectivity index (χ0n) is 21.5. The molecule has 4 heterocycles. The van der Waals surface area contributed by atoms with Crippen LogP contribution < -0.4 is 10.6 Å². The monoisotopic (exact) mass is 543 g/mol. The number of nitrogens with one attached hydrogen (secondary N) is 2. The minimum Gasteiger partial charge on any atom is -0.325 e. The van der Waals surface area contributed by atoms with E-state index in [-0.39, 0.29) is 4.90 Å². The first-order valence-electron chi connectivity index (χ1n) is 12.9. The number of anilines is 4. The quantitative estimate of drug-likeness (QED) is 0.340. The lowest BCUT2D eigenvalue weighted by atomic mass is 10.3. The molecule has 0 amide bonds. The van der Waals surface area contributed by atoms with E-state index in [9.17, 15) is 8.42 Å². The fraction of sp³-hybridized carbons (Fsp3) is 0.296. The van der Waals surface area contributed by atoms with Gasteiger partial charge in [-0.05, 0) is 68.3 Å². The van der Waals surface area contributed by atoms with Gasteiger partial charge in [-0.1, -0.05) is 6.07 Å². The molecule has 12 heteroatoms. The molecule has 200 valence electrons. The molecule has 0 radical (unpaired) electrons. The van der Waals surface area contributed by atoms with Crippen molar-refractivity contribution in [2.75, 3.05) is 36.8 Å². The van der Waals surface area contributed by atoms with Crippen LogP contribution in [0.3, 0.4) is 0 Å². The van der Waals surface area contributed by atoms with E-state index in [1.54, 1.807) is 53.1 Å². The maximum Gasteiger partial charge on any atom is 0.243 e. The molecule has 39 heavy (non-hydrogen) atoms. The van der Waals surface area contributed by atoms with E-state index in [4.69, 9.17) is 0 Å². The Kier molecular flexibility index (Phi) is 6.90. The van der Waals surface area contributed by atoms with Gasteiger partial charge >= 0.3 is 0 Å². The highest BCUT2D eigenvalue weighted by Gasteiger charge is 2.34. The molecule has 6 rings (SSSR count). The Morgan fingerprint density at radius 2 is 1.51 bits per heavy atom. The predicted molar refractivity (Wildman–Crippen MR) is 148 cm³/mol. The molecule has 2 N–H and O–H groups in total. The molecule has 4 aromatic rings. The molecular formula is C27H29N9O2S. The molecular weight excluding hydrogens is 514 g/mol. The largest absolute Gasteiger partial charge is 0.325 e. The number of rotatable bonds is 8. The minimum atomic E-state index is -3.53. The van der Waals surface area contributed by atoms with Crippen LogP contribution in [0.25, 0.3) is 11.5 Å². The highest BCUT2D eigenvalue weighted by atomic mass is 32.2. The summed E-state index contributed by atoms with van der Waals surface area (Å²) in [5.41, 5.74) is 2.26. The van der Waals surface area contributed by atoms with Crippen LogP contribution in [0.15, 0.2) is 71.9 Å². The molecule has 11 nitrogen and oxygen atoms in total. The zero-order chi connectivity index (χ0) is 26.8. The van der Waals surface area contributed by atoms with Gasteiger partial charge in [0.2, 0.25) is 16.0 Å². The number of piperazine rings is 1. The Morgan fingerprint density at radius 1 is 0.795 bits per heavy atom. The van der Waals surface area contributed by atoms with Gasteiger partial charge in [0.05, 0.1) is 4.90 Å². The third-order valence-electron chi connectivity index (χ3n) is 6.77. The number of aromatic nitrogens is 5. The Balaban J connectivity index is 1.11. The lowest BCUT2D eigenvalue weighted by molar-refractivity contribution is 0.180. The standard InChI is InChI=1S/C27H29N9O2S/c1-19-3-2-4-23(30-19)26-28-13-11-24(33-26)32-25-12-14-29-27(34-25)31-20-5-9-22(10-6-20)39(37,38)36-17-15-35(16-18-36)21-7-8-21/h2-6,9-14,21H,7-8,15-18H2,1H3,(H2,28,29,31,32,33,34). The van der Waals surface area contributed by atoms with E-state index in [1.807, 2.05) is 25.1 Å². The van der Waals surface area contributed by atoms with Crippen molar-refractivity contribution in [3.8, 4) is 11.5 Å². The number of hydrogen-bond donors (Lipinski definition) is 2. The van der Waals surface area contributed by atoms with Crippen molar-refractivity contribution >= 4 is 33.3 Å². The molecule has 1 aliphatic carbocycles. The number of nitrogens with zero attached hydrogens (tertiary/aromatic N) is 7. The maximum atomic E-state index is 13.1. The maximum absolute atomic E-state index is 13.1. The number of hydrogen-bond acceptors (Lipinski definition) is 10. The molecule has 1 saturated heterocycles. The summed E-state index contributed by atoms with van der Waals surface area (Å²) in [6.07, 6.45) is 5.76. The first-order chi connectivity index (χ1) is 18.9. The second-order valence-electron chi connectivity index (χ2n) is 9.64. The fourth-order valence-corrected chi connectivity index (χ4v) is 6.00. The van der Waals surface area contributed by atoms with E-state index < -0.39 is 10.0 Å². The summed E-state index contributed by atoms with van der Waals surface area (Å²) in [5.74, 6) is 1.98. The molecule has 1 aromatic carbocycles. The average Bonchev–Trinajstić information content (AvgIpc) is 3.80. The van der Waals surface area contributed by atoms with Gasteiger partial charge < -0.3 is 10.6 Å². The highest BCUT2D eigenvalue weighted by Crippen LogP contribution is 2.29. The van der Waals surface area contributed by atoms with Gasteiger partial charge in [0, 0.05) is 56.0 Å². The van der Waals surface area contributed by atoms with Crippen LogP contribution in [0.4, 0.5) is 23.3 Å². The number of benzene rings is 1. The Morgan fingerprint density at radius 3 is 2.23 bits per heavy atom. The number of sulfonamides is 1. The normalized spacial score (nSPS) is 16.6. The van der Waals surface area contributed by atoms with E-state index in [0.29, 0.717) is 53.9 Å². The van der Waals surface area contributed by atoms with Gasteiger partial charge in [-0.25, -0.2) is 28.4 Å². The predicted octanol–water partition coefficient (Wildman–Crippen LogP) is 3.59. The Labute approximate surface area is 227 Å². The summed E-state index contributed by atoms with van der Waals surface area (Å²) >= 11 is 0. The summed E-state index contributed by atoms with van der Waals surface area (Å²) in [6.45, 7) is 4.57. The summed E-state index contributed by atoms with van der Waals surface area (Å²) in [6, 6.07) is 16.5. The van der Waals surface area contributed by atoms with E-state index >= 15 is 0 Å². The molecule has 1 aliphatic heterocycles. The first kappa shape index (κ1) is 25.3. The van der Waals surface area contributed by atoms with Crippen LogP contribution in [-0.2, 0) is 10.0 Å². The number of pyridine rings is 1. The van der Waals surface area contributed by atoms with Crippen LogP contribution in [-0.4, -0.2) is 74.8 Å². The Hall–Kier alpha value is -4.00. The third kappa shape index (κ3) is 5.87. The smallest absolute Gasteiger partial charge is 0.243 e. The fourth-order valence-electron chi connectivity index (χ4n) is 4.58. The van der Waals surface area contributed by atoms with Crippen LogP contribution in [0.5, 0.6) is 0 Å². The van der Waals surface area contributed by atoms with Crippen molar-refractivity contribution in [3.05, 3.63) is 72.7 Å². The van der Waals surface area contributed by atoms with Gasteiger partial charge in [-0.15, -0.1) is 0 Å². The molecule has 0 atom stereocenters. The molecule has 0 spiro atoms. The van der Waals surface area contributed by atoms with Crippen LogP contribution in [0.2, 0.25) is 0 Å². The van der Waals surface area contributed by atoms with E-state index in [2.05, 4.69) is 40.5 Å². The van der Waals surface area contributed by atoms with Gasteiger partial charge in [0.1, 0.15) is 17.3 Å². The summed E-state index contributed by atoms with van der Waals surface area (Å²) < 4.78 is 27.9. The molecule has 2 aliphatic rings. The molecule has 0 unspecified atom stereocenters. The molecule has 2 fully saturated rings. The van der Waals surface area contributed by atoms with Crippen molar-refractivity contribution in [1.82, 2.24) is 34.1 Å². The summed E-state index contributed by atoms with van der Waals surface area (Å²) in [7, 11) is -3.53. The molecule has 0 bridgehead atoms. The highest BCUT2D eigenvalue weighted by molar-refractivity contribution is 7.89. The van der Waals surface area contributed by atoms with Crippen molar-refractivity contribution in [1.29, 1.82) is 0 Å². The van der Waals surface area contributed by atoms with Crippen LogP contribution >= 0.6 is 0 Å². The third-order valence-corrected chi connectivity index (χ3v) is 8.68. The van der Waals surface area contributed by atoms with Gasteiger partial charge in [0.25, 0.3) is 0 Å². The van der Waals surface area contributed by atoms with Crippen LogP contribution in [0, 0.1) is 6.92 Å². The van der Waals surface area contributed by atoms with Gasteiger partial charge in [0.15, 0.2) is 5.82 Å². The van der Waals surface area contributed by atoms with Crippen molar-refractivity contribution in [2.24, 2.45) is 0 Å². The lowest BCUT2D eigenvalue weighted by Gasteiger charge is -2.34. The summed E-state index contributed by atoms with van der Waals surface area (Å²) in [4.78, 5) is 24.8. The van der Waals surface area contributed by atoms with Gasteiger partial charge in [-0.3, -0.25) is 4.90 Å². The minimum absolute atomic E-state index is 0.284. The van der Waals surface area contributed by atoms with E-state index in [1.165, 1.54) is 12.8 Å². The van der Waals surface area contributed by atoms with Gasteiger partial charge in [-0.2, -0.15) is 9.29 Å². The van der Waals surface area contributed by atoms with Crippen LogP contribution in [0.1, 0.15) is 18.5 Å². The van der Waals surface area contributed by atoms with E-state index in [0.717, 1.165) is 18.8 Å². The average molecular weight is 544 g/mol. The second-order valence-corrected chi connectivity index (χ2v) is 11.6. The SMILES string of the molecule is Cc1cccc(-c2nccc(Nc3ccnc(Nc4ccc(S(=O)(=O)N5CCN(C6CC6)CC5)cc4)n3)n2)n1. The second kappa shape index (κ2) is 10.6. The van der Waals surface area contributed by atoms with Crippen molar-refractivity contribution in [3.63, 3.8) is 0 Å². The topological polar surface area (TPSA) is 129 Å². The first-order valence-corrected chi connectivity index (χ1v) is 14.4. The zero-order valence-corrected chi connectivity index (χ0v) is 22.3. The van der Waals surface area contributed by atoms with Crippen molar-refractivity contribution < 1.29 is 8.42 Å².